The van der Waals surface area contributed by atoms with Gasteiger partial charge < -0.3 is 10.1 Å². The van der Waals surface area contributed by atoms with Crippen LogP contribution in [0.25, 0.3) is 0 Å². The van der Waals surface area contributed by atoms with Crippen LogP contribution in [0.5, 0.6) is 0 Å². The predicted molar refractivity (Wildman–Crippen MR) is 77.8 cm³/mol. The van der Waals surface area contributed by atoms with E-state index in [0.29, 0.717) is 17.6 Å². The number of rotatable bonds is 9. The van der Waals surface area contributed by atoms with Crippen LogP contribution in [0.2, 0.25) is 0 Å². The summed E-state index contributed by atoms with van der Waals surface area (Å²) in [5, 5.41) is 3.71. The molecule has 3 unspecified atom stereocenters. The maximum atomic E-state index is 5.82. The van der Waals surface area contributed by atoms with Crippen LogP contribution in [0.4, 0.5) is 0 Å². The SMILES string of the molecule is CCOC1CC(NCCCSCC)C1(C)CC. The first-order valence-corrected chi connectivity index (χ1v) is 8.27. The van der Waals surface area contributed by atoms with E-state index in [9.17, 15) is 0 Å². The van der Waals surface area contributed by atoms with Crippen molar-refractivity contribution in [3.05, 3.63) is 0 Å². The second-order valence-corrected chi connectivity index (χ2v) is 6.49. The fourth-order valence-electron chi connectivity index (χ4n) is 2.66. The Morgan fingerprint density at radius 2 is 2.12 bits per heavy atom. The molecule has 1 fully saturated rings. The maximum Gasteiger partial charge on any atom is 0.0658 e. The Balaban J connectivity index is 2.21. The number of thioether (sulfide) groups is 1. The lowest BCUT2D eigenvalue weighted by atomic mass is 9.61. The lowest BCUT2D eigenvalue weighted by Crippen LogP contribution is -2.62. The van der Waals surface area contributed by atoms with E-state index in [1.54, 1.807) is 0 Å². The molecule has 0 amide bonds. The van der Waals surface area contributed by atoms with Crippen molar-refractivity contribution in [2.24, 2.45) is 5.41 Å². The van der Waals surface area contributed by atoms with Crippen molar-refractivity contribution in [1.82, 2.24) is 5.32 Å². The summed E-state index contributed by atoms with van der Waals surface area (Å²) in [4.78, 5) is 0. The minimum atomic E-state index is 0.355. The van der Waals surface area contributed by atoms with Crippen LogP contribution in [-0.2, 0) is 4.74 Å². The first kappa shape index (κ1) is 15.3. The first-order valence-electron chi connectivity index (χ1n) is 7.11. The van der Waals surface area contributed by atoms with Crippen LogP contribution in [0, 0.1) is 5.41 Å². The van der Waals surface area contributed by atoms with Gasteiger partial charge in [0, 0.05) is 18.1 Å². The van der Waals surface area contributed by atoms with Gasteiger partial charge in [-0.3, -0.25) is 0 Å². The maximum absolute atomic E-state index is 5.82. The lowest BCUT2D eigenvalue weighted by molar-refractivity contribution is -0.125. The average Bonchev–Trinajstić information content (AvgIpc) is 2.35. The van der Waals surface area contributed by atoms with Crippen LogP contribution in [0.3, 0.4) is 0 Å². The standard InChI is InChI=1S/C14H29NOS/c1-5-14(4)12(11-13(14)16-6-2)15-9-8-10-17-7-3/h12-13,15H,5-11H2,1-4H3. The monoisotopic (exact) mass is 259 g/mol. The van der Waals surface area contributed by atoms with Gasteiger partial charge in [0.05, 0.1) is 6.10 Å². The number of hydrogen-bond donors (Lipinski definition) is 1. The minimum absolute atomic E-state index is 0.355. The minimum Gasteiger partial charge on any atom is -0.378 e. The molecule has 1 saturated carbocycles. The van der Waals surface area contributed by atoms with Crippen molar-refractivity contribution in [2.75, 3.05) is 24.7 Å². The average molecular weight is 259 g/mol. The Morgan fingerprint density at radius 1 is 1.35 bits per heavy atom. The number of hydrogen-bond acceptors (Lipinski definition) is 3. The summed E-state index contributed by atoms with van der Waals surface area (Å²) in [5.41, 5.74) is 0.355. The van der Waals surface area contributed by atoms with Gasteiger partial charge in [-0.25, -0.2) is 0 Å². The highest BCUT2D eigenvalue weighted by Crippen LogP contribution is 2.45. The van der Waals surface area contributed by atoms with Gasteiger partial charge in [-0.1, -0.05) is 20.8 Å². The molecular formula is C14H29NOS. The molecule has 1 rings (SSSR count). The highest BCUT2D eigenvalue weighted by Gasteiger charge is 2.50. The Morgan fingerprint density at radius 3 is 2.71 bits per heavy atom. The fourth-order valence-corrected chi connectivity index (χ4v) is 3.30. The van der Waals surface area contributed by atoms with Crippen molar-refractivity contribution in [2.45, 2.75) is 59.1 Å². The molecule has 1 aliphatic rings. The van der Waals surface area contributed by atoms with Gasteiger partial charge in [0.2, 0.25) is 0 Å². The van der Waals surface area contributed by atoms with E-state index in [1.165, 1.54) is 30.8 Å². The Kier molecular flexibility index (Phi) is 6.90. The summed E-state index contributed by atoms with van der Waals surface area (Å²) >= 11 is 2.04. The van der Waals surface area contributed by atoms with E-state index in [0.717, 1.165) is 13.2 Å². The van der Waals surface area contributed by atoms with Crippen molar-refractivity contribution in [3.63, 3.8) is 0 Å². The molecule has 0 aliphatic heterocycles. The second kappa shape index (κ2) is 7.65. The van der Waals surface area contributed by atoms with Gasteiger partial charge in [-0.15, -0.1) is 0 Å². The first-order chi connectivity index (χ1) is 8.19. The number of ether oxygens (including phenoxy) is 1. The summed E-state index contributed by atoms with van der Waals surface area (Å²) in [6.45, 7) is 11.0. The normalized spacial score (nSPS) is 32.5. The Hall–Kier alpha value is 0.270. The molecule has 102 valence electrons. The molecule has 0 aromatic carbocycles. The van der Waals surface area contributed by atoms with E-state index in [1.807, 2.05) is 11.8 Å². The highest BCUT2D eigenvalue weighted by atomic mass is 32.2. The molecule has 17 heavy (non-hydrogen) atoms. The zero-order valence-electron chi connectivity index (χ0n) is 11.9. The topological polar surface area (TPSA) is 21.3 Å². The lowest BCUT2D eigenvalue weighted by Gasteiger charge is -2.53. The van der Waals surface area contributed by atoms with Crippen molar-refractivity contribution in [1.29, 1.82) is 0 Å². The van der Waals surface area contributed by atoms with Gasteiger partial charge in [0.1, 0.15) is 0 Å². The van der Waals surface area contributed by atoms with Crippen LogP contribution < -0.4 is 5.32 Å². The predicted octanol–water partition coefficient (Wildman–Crippen LogP) is 3.31. The third-order valence-electron chi connectivity index (χ3n) is 4.17. The summed E-state index contributed by atoms with van der Waals surface area (Å²) < 4.78 is 5.82. The fraction of sp³-hybridized carbons (Fsp3) is 1.00. The van der Waals surface area contributed by atoms with Crippen molar-refractivity contribution in [3.8, 4) is 0 Å². The zero-order chi connectivity index (χ0) is 12.7. The molecule has 3 heteroatoms. The molecule has 0 aromatic heterocycles. The zero-order valence-corrected chi connectivity index (χ0v) is 12.7. The van der Waals surface area contributed by atoms with Crippen LogP contribution >= 0.6 is 11.8 Å². The largest absolute Gasteiger partial charge is 0.378 e. The summed E-state index contributed by atoms with van der Waals surface area (Å²) in [7, 11) is 0. The third-order valence-corrected chi connectivity index (χ3v) is 5.16. The number of nitrogens with one attached hydrogen (secondary N) is 1. The second-order valence-electron chi connectivity index (χ2n) is 5.10. The Bertz CT molecular complexity index is 212. The smallest absolute Gasteiger partial charge is 0.0658 e. The molecule has 1 N–H and O–H groups in total. The molecule has 0 heterocycles. The quantitative estimate of drug-likeness (QED) is 0.642. The molecular weight excluding hydrogens is 230 g/mol. The summed E-state index contributed by atoms with van der Waals surface area (Å²) in [5.74, 6) is 2.52. The molecule has 0 bridgehead atoms. The van der Waals surface area contributed by atoms with E-state index in [-0.39, 0.29) is 0 Å². The van der Waals surface area contributed by atoms with Gasteiger partial charge >= 0.3 is 0 Å². The summed E-state index contributed by atoms with van der Waals surface area (Å²) in [6, 6.07) is 0.663. The molecule has 0 radical (unpaired) electrons. The van der Waals surface area contributed by atoms with E-state index in [2.05, 4.69) is 33.0 Å². The van der Waals surface area contributed by atoms with E-state index in [4.69, 9.17) is 4.74 Å². The van der Waals surface area contributed by atoms with Crippen LogP contribution in [-0.4, -0.2) is 36.8 Å². The van der Waals surface area contributed by atoms with Crippen molar-refractivity contribution < 1.29 is 4.74 Å². The molecule has 0 spiro atoms. The van der Waals surface area contributed by atoms with E-state index >= 15 is 0 Å². The highest BCUT2D eigenvalue weighted by molar-refractivity contribution is 7.99. The summed E-state index contributed by atoms with van der Waals surface area (Å²) in [6.07, 6.45) is 4.16. The van der Waals surface area contributed by atoms with Gasteiger partial charge in [0.15, 0.2) is 0 Å². The van der Waals surface area contributed by atoms with Crippen LogP contribution in [0.15, 0.2) is 0 Å². The third kappa shape index (κ3) is 3.87. The molecule has 2 nitrogen and oxygen atoms in total. The van der Waals surface area contributed by atoms with Gasteiger partial charge in [-0.05, 0) is 44.2 Å². The molecule has 0 aromatic rings. The Labute approximate surface area is 111 Å². The van der Waals surface area contributed by atoms with Crippen LogP contribution in [0.1, 0.15) is 47.0 Å². The van der Waals surface area contributed by atoms with E-state index < -0.39 is 0 Å². The molecule has 3 atom stereocenters. The molecule has 1 aliphatic carbocycles. The van der Waals surface area contributed by atoms with Gasteiger partial charge in [-0.2, -0.15) is 11.8 Å². The van der Waals surface area contributed by atoms with Gasteiger partial charge in [0.25, 0.3) is 0 Å². The van der Waals surface area contributed by atoms with Crippen molar-refractivity contribution >= 4 is 11.8 Å². The molecule has 0 saturated heterocycles.